The molecule has 0 aliphatic rings. The van der Waals surface area contributed by atoms with Crippen molar-refractivity contribution in [1.29, 1.82) is 0 Å². The first-order valence-electron chi connectivity index (χ1n) is 24.0. The first kappa shape index (κ1) is 41.2. The molecule has 0 fully saturated rings. The molecule has 0 unspecified atom stereocenters. The summed E-state index contributed by atoms with van der Waals surface area (Å²) in [5, 5.41) is 10.1. The molecule has 2 heterocycles. The van der Waals surface area contributed by atoms with E-state index in [0.29, 0.717) is 0 Å². The Morgan fingerprint density at radius 3 is 1.39 bits per heavy atom. The van der Waals surface area contributed by atoms with E-state index < -0.39 is 8.07 Å². The van der Waals surface area contributed by atoms with Crippen LogP contribution in [0.3, 0.4) is 0 Å². The predicted octanol–water partition coefficient (Wildman–Crippen LogP) is 14.9. The first-order chi connectivity index (χ1) is 34.7. The van der Waals surface area contributed by atoms with Gasteiger partial charge in [-0.1, -0.05) is 212 Å². The number of hydrogen-bond donors (Lipinski definition) is 0. The van der Waals surface area contributed by atoms with Gasteiger partial charge in [-0.2, -0.15) is 0 Å². The summed E-state index contributed by atoms with van der Waals surface area (Å²) in [7, 11) is -2.65. The number of fused-ring (bicyclic) bond motifs is 6. The number of anilines is 3. The van der Waals surface area contributed by atoms with Crippen LogP contribution in [0.25, 0.3) is 71.7 Å². The van der Waals surface area contributed by atoms with Crippen LogP contribution in [0.4, 0.5) is 17.1 Å². The quantitative estimate of drug-likeness (QED) is 0.101. The second-order valence-electron chi connectivity index (χ2n) is 18.0. The second-order valence-corrected chi connectivity index (χ2v) is 21.8. The normalized spacial score (nSPS) is 11.7. The van der Waals surface area contributed by atoms with E-state index in [9.17, 15) is 0 Å². The van der Waals surface area contributed by atoms with Crippen molar-refractivity contribution < 1.29 is 4.42 Å². The standard InChI is InChI=1S/C66H46N2OSi/c1-5-19-50(20-6-1)68-60-30-15-13-27-58(60)66-61(31-18-32-62(66)68)67(52-43-37-49(38-44-52)57-29-17-34-64-65(57)59-28-14-16-33-63(59)69-64)51-41-35-47(36-42-51)48-39-45-56(46-40-48)70(53-21-7-2-8-22-53,54-23-9-3-10-24-54)55-25-11-4-12-26-55/h1-46H. The van der Waals surface area contributed by atoms with E-state index in [1.807, 2.05) is 12.1 Å². The minimum atomic E-state index is -2.65. The van der Waals surface area contributed by atoms with E-state index in [1.165, 1.54) is 42.6 Å². The highest BCUT2D eigenvalue weighted by Crippen LogP contribution is 2.45. The summed E-state index contributed by atoms with van der Waals surface area (Å²) in [4.78, 5) is 2.42. The van der Waals surface area contributed by atoms with Gasteiger partial charge in [0.05, 0.1) is 16.7 Å². The monoisotopic (exact) mass is 910 g/mol. The lowest BCUT2D eigenvalue weighted by molar-refractivity contribution is 0.669. The summed E-state index contributed by atoms with van der Waals surface area (Å²) in [6, 6.07) is 102. The molecule has 13 rings (SSSR count). The van der Waals surface area contributed by atoms with E-state index in [-0.39, 0.29) is 0 Å². The number of para-hydroxylation sites is 3. The van der Waals surface area contributed by atoms with Gasteiger partial charge in [-0.05, 0) is 110 Å². The lowest BCUT2D eigenvalue weighted by atomic mass is 9.99. The maximum absolute atomic E-state index is 6.31. The molecule has 2 aromatic heterocycles. The zero-order valence-corrected chi connectivity index (χ0v) is 39.4. The summed E-state index contributed by atoms with van der Waals surface area (Å²) in [6.45, 7) is 0. The van der Waals surface area contributed by atoms with Crippen molar-refractivity contribution in [2.75, 3.05) is 4.90 Å². The number of nitrogens with zero attached hydrogens (tertiary/aromatic N) is 2. The largest absolute Gasteiger partial charge is 0.456 e. The molecule has 0 N–H and O–H groups in total. The van der Waals surface area contributed by atoms with Crippen LogP contribution in [0.5, 0.6) is 0 Å². The summed E-state index contributed by atoms with van der Waals surface area (Å²) in [5.74, 6) is 0. The van der Waals surface area contributed by atoms with E-state index in [2.05, 4.69) is 276 Å². The molecule has 13 aromatic rings. The summed E-state index contributed by atoms with van der Waals surface area (Å²) >= 11 is 0. The second kappa shape index (κ2) is 17.3. The molecule has 0 spiro atoms. The highest BCUT2D eigenvalue weighted by atomic mass is 28.3. The average Bonchev–Trinajstić information content (AvgIpc) is 4.00. The Labute approximate surface area is 408 Å². The maximum atomic E-state index is 6.31. The van der Waals surface area contributed by atoms with Crippen LogP contribution in [-0.2, 0) is 0 Å². The third-order valence-corrected chi connectivity index (χ3v) is 19.0. The van der Waals surface area contributed by atoms with Crippen LogP contribution >= 0.6 is 0 Å². The fraction of sp³-hybridized carbons (Fsp3) is 0. The zero-order chi connectivity index (χ0) is 46.4. The molecule has 0 aliphatic heterocycles. The summed E-state index contributed by atoms with van der Waals surface area (Å²) in [6.07, 6.45) is 0. The van der Waals surface area contributed by atoms with Crippen LogP contribution in [0.1, 0.15) is 0 Å². The Balaban J connectivity index is 0.943. The van der Waals surface area contributed by atoms with Gasteiger partial charge >= 0.3 is 0 Å². The third kappa shape index (κ3) is 6.80. The number of furan rings is 1. The molecule has 330 valence electrons. The van der Waals surface area contributed by atoms with Gasteiger partial charge in [0.25, 0.3) is 0 Å². The number of rotatable bonds is 10. The lowest BCUT2D eigenvalue weighted by Crippen LogP contribution is -2.74. The van der Waals surface area contributed by atoms with Gasteiger partial charge in [-0.25, -0.2) is 0 Å². The predicted molar refractivity (Wildman–Crippen MR) is 297 cm³/mol. The zero-order valence-electron chi connectivity index (χ0n) is 38.4. The molecule has 0 aliphatic carbocycles. The molecule has 11 aromatic carbocycles. The minimum Gasteiger partial charge on any atom is -0.456 e. The highest BCUT2D eigenvalue weighted by Gasteiger charge is 2.41. The Morgan fingerprint density at radius 2 is 0.771 bits per heavy atom. The van der Waals surface area contributed by atoms with Crippen LogP contribution in [0, 0.1) is 0 Å². The van der Waals surface area contributed by atoms with E-state index in [0.717, 1.165) is 66.9 Å². The van der Waals surface area contributed by atoms with Crippen LogP contribution in [-0.4, -0.2) is 12.6 Å². The van der Waals surface area contributed by atoms with Gasteiger partial charge in [0, 0.05) is 38.6 Å². The van der Waals surface area contributed by atoms with E-state index in [4.69, 9.17) is 4.42 Å². The van der Waals surface area contributed by atoms with Crippen molar-refractivity contribution in [3.05, 3.63) is 279 Å². The van der Waals surface area contributed by atoms with E-state index in [1.54, 1.807) is 0 Å². The number of aromatic nitrogens is 1. The first-order valence-corrected chi connectivity index (χ1v) is 26.0. The van der Waals surface area contributed by atoms with E-state index >= 15 is 0 Å². The van der Waals surface area contributed by atoms with Crippen molar-refractivity contribution >= 4 is 89.6 Å². The van der Waals surface area contributed by atoms with Gasteiger partial charge in [0.15, 0.2) is 8.07 Å². The van der Waals surface area contributed by atoms with Crippen molar-refractivity contribution in [2.24, 2.45) is 0 Å². The number of benzene rings is 11. The molecular formula is C66H46N2OSi. The van der Waals surface area contributed by atoms with Gasteiger partial charge in [-0.15, -0.1) is 0 Å². The van der Waals surface area contributed by atoms with Crippen LogP contribution in [0.2, 0.25) is 0 Å². The lowest BCUT2D eigenvalue weighted by Gasteiger charge is -2.34. The summed E-state index contributed by atoms with van der Waals surface area (Å²) in [5.41, 5.74) is 13.1. The molecule has 0 saturated carbocycles. The summed E-state index contributed by atoms with van der Waals surface area (Å²) < 4.78 is 8.70. The Kier molecular flexibility index (Phi) is 10.2. The Bertz CT molecular complexity index is 3860. The molecule has 4 heteroatoms. The molecule has 0 atom stereocenters. The molecule has 0 amide bonds. The van der Waals surface area contributed by atoms with Gasteiger partial charge < -0.3 is 13.9 Å². The fourth-order valence-electron chi connectivity index (χ4n) is 11.1. The Morgan fingerprint density at radius 1 is 0.314 bits per heavy atom. The van der Waals surface area contributed by atoms with Crippen LogP contribution < -0.4 is 25.6 Å². The third-order valence-electron chi connectivity index (χ3n) is 14.2. The molecule has 3 nitrogen and oxygen atoms in total. The highest BCUT2D eigenvalue weighted by molar-refractivity contribution is 7.19. The van der Waals surface area contributed by atoms with Gasteiger partial charge in [0.1, 0.15) is 11.2 Å². The van der Waals surface area contributed by atoms with Crippen molar-refractivity contribution in [1.82, 2.24) is 4.57 Å². The van der Waals surface area contributed by atoms with Gasteiger partial charge in [-0.3, -0.25) is 0 Å². The molecular weight excluding hydrogens is 865 g/mol. The van der Waals surface area contributed by atoms with Crippen LogP contribution in [0.15, 0.2) is 283 Å². The van der Waals surface area contributed by atoms with Crippen molar-refractivity contribution in [3.63, 3.8) is 0 Å². The van der Waals surface area contributed by atoms with Gasteiger partial charge in [0.2, 0.25) is 0 Å². The Hall–Kier alpha value is -8.96. The molecule has 70 heavy (non-hydrogen) atoms. The topological polar surface area (TPSA) is 21.3 Å². The van der Waals surface area contributed by atoms with Crippen molar-refractivity contribution in [2.45, 2.75) is 0 Å². The molecule has 0 bridgehead atoms. The SMILES string of the molecule is c1ccc(-n2c3ccccc3c3c(N(c4ccc(-c5ccc([Si](c6ccccc6)(c6ccccc6)c6ccccc6)cc5)cc4)c4ccc(-c5cccc6oc7ccccc7c56)cc4)cccc32)cc1. The minimum absolute atomic E-state index is 0.894. The fourth-order valence-corrected chi connectivity index (χ4v) is 15.8. The molecule has 0 saturated heterocycles. The van der Waals surface area contributed by atoms with Crippen molar-refractivity contribution in [3.8, 4) is 27.9 Å². The maximum Gasteiger partial charge on any atom is 0.179 e. The molecule has 0 radical (unpaired) electrons. The number of hydrogen-bond acceptors (Lipinski definition) is 2. The smallest absolute Gasteiger partial charge is 0.179 e. The average molecular weight is 911 g/mol.